The van der Waals surface area contributed by atoms with Gasteiger partial charge < -0.3 is 4.74 Å². The SMILES string of the molecule is COCC(C)NS(=O)(=O)c1c(C)cc(C)cc1C. The maximum absolute atomic E-state index is 12.3. The molecule has 0 aliphatic carbocycles. The molecule has 1 aromatic carbocycles. The van der Waals surface area contributed by atoms with Crippen LogP contribution in [0, 0.1) is 20.8 Å². The highest BCUT2D eigenvalue weighted by atomic mass is 32.2. The molecular weight excluding hydrogens is 250 g/mol. The lowest BCUT2D eigenvalue weighted by molar-refractivity contribution is 0.180. The predicted octanol–water partition coefficient (Wildman–Crippen LogP) is 1.93. The second-order valence-corrected chi connectivity index (χ2v) is 6.36. The molecule has 0 fully saturated rings. The van der Waals surface area contributed by atoms with Gasteiger partial charge in [0.2, 0.25) is 10.0 Å². The molecule has 0 aliphatic rings. The van der Waals surface area contributed by atoms with Crippen molar-refractivity contribution >= 4 is 10.0 Å². The van der Waals surface area contributed by atoms with E-state index in [4.69, 9.17) is 4.74 Å². The van der Waals surface area contributed by atoms with E-state index >= 15 is 0 Å². The molecule has 0 aliphatic heterocycles. The van der Waals surface area contributed by atoms with Crippen molar-refractivity contribution in [2.24, 2.45) is 0 Å². The van der Waals surface area contributed by atoms with Gasteiger partial charge in [0, 0.05) is 13.2 Å². The minimum Gasteiger partial charge on any atom is -0.383 e. The van der Waals surface area contributed by atoms with Gasteiger partial charge in [-0.05, 0) is 38.8 Å². The van der Waals surface area contributed by atoms with Crippen LogP contribution in [0.3, 0.4) is 0 Å². The van der Waals surface area contributed by atoms with Gasteiger partial charge in [-0.25, -0.2) is 13.1 Å². The van der Waals surface area contributed by atoms with Crippen molar-refractivity contribution in [3.05, 3.63) is 28.8 Å². The molecule has 1 atom stereocenters. The summed E-state index contributed by atoms with van der Waals surface area (Å²) in [5.74, 6) is 0. The molecule has 0 heterocycles. The van der Waals surface area contributed by atoms with E-state index in [1.54, 1.807) is 14.0 Å². The van der Waals surface area contributed by atoms with Gasteiger partial charge in [-0.3, -0.25) is 0 Å². The second-order valence-electron chi connectivity index (χ2n) is 4.71. The number of ether oxygens (including phenoxy) is 1. The first kappa shape index (κ1) is 15.1. The van der Waals surface area contributed by atoms with Crippen LogP contribution in [-0.2, 0) is 14.8 Å². The monoisotopic (exact) mass is 271 g/mol. The Morgan fingerprint density at radius 2 is 1.72 bits per heavy atom. The Kier molecular flexibility index (Phi) is 4.90. The number of aryl methyl sites for hydroxylation is 3. The molecule has 0 saturated heterocycles. The van der Waals surface area contributed by atoms with Crippen molar-refractivity contribution in [3.8, 4) is 0 Å². The summed E-state index contributed by atoms with van der Waals surface area (Å²) < 4.78 is 32.2. The van der Waals surface area contributed by atoms with Gasteiger partial charge >= 0.3 is 0 Å². The fourth-order valence-electron chi connectivity index (χ4n) is 2.20. The van der Waals surface area contributed by atoms with Crippen LogP contribution in [0.5, 0.6) is 0 Å². The summed E-state index contributed by atoms with van der Waals surface area (Å²) >= 11 is 0. The number of sulfonamides is 1. The fraction of sp³-hybridized carbons (Fsp3) is 0.538. The number of methoxy groups -OCH3 is 1. The maximum Gasteiger partial charge on any atom is 0.241 e. The third kappa shape index (κ3) is 3.54. The van der Waals surface area contributed by atoms with Gasteiger partial charge in [-0.2, -0.15) is 0 Å². The summed E-state index contributed by atoms with van der Waals surface area (Å²) in [7, 11) is -1.94. The van der Waals surface area contributed by atoms with Crippen LogP contribution in [-0.4, -0.2) is 28.2 Å². The quantitative estimate of drug-likeness (QED) is 0.890. The number of rotatable bonds is 5. The summed E-state index contributed by atoms with van der Waals surface area (Å²) in [5.41, 5.74) is 2.60. The minimum absolute atomic E-state index is 0.250. The van der Waals surface area contributed by atoms with Gasteiger partial charge in [-0.1, -0.05) is 17.7 Å². The summed E-state index contributed by atoms with van der Waals surface area (Å²) in [6.45, 7) is 7.71. The molecule has 18 heavy (non-hydrogen) atoms. The van der Waals surface area contributed by atoms with Crippen LogP contribution < -0.4 is 4.72 Å². The second kappa shape index (κ2) is 5.82. The largest absolute Gasteiger partial charge is 0.383 e. The van der Waals surface area contributed by atoms with E-state index in [0.29, 0.717) is 11.5 Å². The molecule has 0 aromatic heterocycles. The molecule has 102 valence electrons. The molecular formula is C13H21NO3S. The first-order chi connectivity index (χ1) is 8.27. The zero-order valence-electron chi connectivity index (χ0n) is 11.6. The summed E-state index contributed by atoms with van der Waals surface area (Å²) in [6.07, 6.45) is 0. The Hall–Kier alpha value is -0.910. The Bertz CT molecular complexity index is 500. The van der Waals surface area contributed by atoms with Gasteiger partial charge in [0.1, 0.15) is 0 Å². The first-order valence-electron chi connectivity index (χ1n) is 5.87. The molecule has 0 bridgehead atoms. The van der Waals surface area contributed by atoms with E-state index in [2.05, 4.69) is 4.72 Å². The van der Waals surface area contributed by atoms with Gasteiger partial charge in [0.15, 0.2) is 0 Å². The lowest BCUT2D eigenvalue weighted by atomic mass is 10.1. The highest BCUT2D eigenvalue weighted by Crippen LogP contribution is 2.21. The molecule has 1 rings (SSSR count). The van der Waals surface area contributed by atoms with Crippen LogP contribution >= 0.6 is 0 Å². The van der Waals surface area contributed by atoms with E-state index in [9.17, 15) is 8.42 Å². The van der Waals surface area contributed by atoms with E-state index in [1.807, 2.05) is 32.9 Å². The Labute approximate surface area is 109 Å². The zero-order chi connectivity index (χ0) is 13.9. The number of nitrogens with one attached hydrogen (secondary N) is 1. The van der Waals surface area contributed by atoms with Gasteiger partial charge in [-0.15, -0.1) is 0 Å². The highest BCUT2D eigenvalue weighted by Gasteiger charge is 2.21. The van der Waals surface area contributed by atoms with Crippen molar-refractivity contribution in [3.63, 3.8) is 0 Å². The van der Waals surface area contributed by atoms with Gasteiger partial charge in [0.25, 0.3) is 0 Å². The van der Waals surface area contributed by atoms with Crippen LogP contribution in [0.2, 0.25) is 0 Å². The van der Waals surface area contributed by atoms with Crippen LogP contribution in [0.15, 0.2) is 17.0 Å². The summed E-state index contributed by atoms with van der Waals surface area (Å²) in [6, 6.07) is 3.51. The lowest BCUT2D eigenvalue weighted by Gasteiger charge is -2.16. The Balaban J connectivity index is 3.13. The molecule has 4 nitrogen and oxygen atoms in total. The Morgan fingerprint density at radius 3 is 2.17 bits per heavy atom. The average Bonchev–Trinajstić information content (AvgIpc) is 2.13. The van der Waals surface area contributed by atoms with Crippen molar-refractivity contribution in [2.75, 3.05) is 13.7 Å². The first-order valence-corrected chi connectivity index (χ1v) is 7.35. The fourth-order valence-corrected chi connectivity index (χ4v) is 3.88. The van der Waals surface area contributed by atoms with Crippen molar-refractivity contribution in [2.45, 2.75) is 38.6 Å². The molecule has 1 aromatic rings. The highest BCUT2D eigenvalue weighted by molar-refractivity contribution is 7.89. The third-order valence-electron chi connectivity index (χ3n) is 2.65. The number of hydrogen-bond donors (Lipinski definition) is 1. The molecule has 5 heteroatoms. The molecule has 0 spiro atoms. The Morgan fingerprint density at radius 1 is 1.22 bits per heavy atom. The third-order valence-corrected chi connectivity index (χ3v) is 4.54. The molecule has 1 N–H and O–H groups in total. The normalized spacial score (nSPS) is 13.6. The van der Waals surface area contributed by atoms with Crippen molar-refractivity contribution in [1.29, 1.82) is 0 Å². The smallest absolute Gasteiger partial charge is 0.241 e. The molecule has 0 radical (unpaired) electrons. The van der Waals surface area contributed by atoms with Gasteiger partial charge in [0.05, 0.1) is 11.5 Å². The zero-order valence-corrected chi connectivity index (χ0v) is 12.4. The van der Waals surface area contributed by atoms with E-state index in [-0.39, 0.29) is 6.04 Å². The standard InChI is InChI=1S/C13H21NO3S/c1-9-6-10(2)13(11(3)7-9)18(15,16)14-12(4)8-17-5/h6-7,12,14H,8H2,1-5H3. The van der Waals surface area contributed by atoms with E-state index < -0.39 is 10.0 Å². The molecule has 1 unspecified atom stereocenters. The number of benzene rings is 1. The van der Waals surface area contributed by atoms with E-state index in [1.165, 1.54) is 0 Å². The average molecular weight is 271 g/mol. The maximum atomic E-state index is 12.3. The van der Waals surface area contributed by atoms with Crippen LogP contribution in [0.1, 0.15) is 23.6 Å². The topological polar surface area (TPSA) is 55.4 Å². The van der Waals surface area contributed by atoms with Crippen LogP contribution in [0.25, 0.3) is 0 Å². The van der Waals surface area contributed by atoms with Crippen molar-refractivity contribution < 1.29 is 13.2 Å². The molecule has 0 saturated carbocycles. The summed E-state index contributed by atoms with van der Waals surface area (Å²) in [5, 5.41) is 0. The van der Waals surface area contributed by atoms with E-state index in [0.717, 1.165) is 16.7 Å². The lowest BCUT2D eigenvalue weighted by Crippen LogP contribution is -2.36. The van der Waals surface area contributed by atoms with Crippen LogP contribution in [0.4, 0.5) is 0 Å². The molecule has 0 amide bonds. The predicted molar refractivity (Wildman–Crippen MR) is 72.3 cm³/mol. The number of hydrogen-bond acceptors (Lipinski definition) is 3. The summed E-state index contributed by atoms with van der Waals surface area (Å²) in [4.78, 5) is 0.371. The van der Waals surface area contributed by atoms with Crippen molar-refractivity contribution in [1.82, 2.24) is 4.72 Å². The minimum atomic E-state index is -3.49.